The molecule has 1 fully saturated rings. The third-order valence-corrected chi connectivity index (χ3v) is 3.60. The number of halogens is 2. The van der Waals surface area contributed by atoms with Crippen molar-refractivity contribution in [2.45, 2.75) is 25.3 Å². The maximum absolute atomic E-state index is 11.9. The number of nitrogens with one attached hydrogen (secondary N) is 3. The first-order valence-electron chi connectivity index (χ1n) is 6.34. The molecule has 1 aromatic rings. The van der Waals surface area contributed by atoms with E-state index in [1.54, 1.807) is 18.2 Å². The number of rotatable bonds is 2. The summed E-state index contributed by atoms with van der Waals surface area (Å²) in [7, 11) is 0. The molecule has 0 radical (unpaired) electrons. The van der Waals surface area contributed by atoms with E-state index >= 15 is 0 Å². The molecule has 2 rings (SSSR count). The fourth-order valence-electron chi connectivity index (χ4n) is 2.00. The Balaban J connectivity index is 1.90. The Kier molecular flexibility index (Phi) is 5.09. The smallest absolute Gasteiger partial charge is 0.319 e. The van der Waals surface area contributed by atoms with E-state index in [1.807, 2.05) is 0 Å². The van der Waals surface area contributed by atoms with Crippen molar-refractivity contribution in [1.82, 2.24) is 10.6 Å². The van der Waals surface area contributed by atoms with E-state index in [0.717, 1.165) is 0 Å². The highest BCUT2D eigenvalue weighted by Gasteiger charge is 2.18. The first-order chi connectivity index (χ1) is 9.54. The molecule has 5 nitrogen and oxygen atoms in total. The van der Waals surface area contributed by atoms with Crippen LogP contribution >= 0.6 is 23.2 Å². The number of hydrogen-bond donors (Lipinski definition) is 3. The Morgan fingerprint density at radius 2 is 2.10 bits per heavy atom. The molecule has 0 aromatic heterocycles. The van der Waals surface area contributed by atoms with Crippen molar-refractivity contribution in [3.63, 3.8) is 0 Å². The van der Waals surface area contributed by atoms with E-state index in [1.165, 1.54) is 0 Å². The first kappa shape index (κ1) is 14.9. The van der Waals surface area contributed by atoms with E-state index in [4.69, 9.17) is 23.2 Å². The second kappa shape index (κ2) is 6.81. The number of hydrogen-bond acceptors (Lipinski definition) is 2. The molecule has 1 heterocycles. The van der Waals surface area contributed by atoms with Crippen LogP contribution in [-0.4, -0.2) is 24.5 Å². The lowest BCUT2D eigenvalue weighted by Gasteiger charge is -2.16. The summed E-state index contributed by atoms with van der Waals surface area (Å²) in [5.74, 6) is 0.0236. The average Bonchev–Trinajstić information content (AvgIpc) is 2.58. The number of carbonyl (C=O) groups is 2. The second-order valence-corrected chi connectivity index (χ2v) is 5.44. The van der Waals surface area contributed by atoms with Gasteiger partial charge >= 0.3 is 6.03 Å². The van der Waals surface area contributed by atoms with Crippen LogP contribution in [-0.2, 0) is 4.79 Å². The minimum absolute atomic E-state index is 0.0236. The quantitative estimate of drug-likeness (QED) is 0.785. The van der Waals surface area contributed by atoms with Gasteiger partial charge in [-0.3, -0.25) is 4.79 Å². The number of carbonyl (C=O) groups excluding carboxylic acids is 2. The molecule has 108 valence electrons. The highest BCUT2D eigenvalue weighted by atomic mass is 35.5. The zero-order chi connectivity index (χ0) is 14.5. The van der Waals surface area contributed by atoms with Crippen molar-refractivity contribution in [2.24, 2.45) is 0 Å². The van der Waals surface area contributed by atoms with Gasteiger partial charge in [0.15, 0.2) is 0 Å². The van der Waals surface area contributed by atoms with Gasteiger partial charge in [0.25, 0.3) is 0 Å². The first-order valence-corrected chi connectivity index (χ1v) is 7.09. The summed E-state index contributed by atoms with van der Waals surface area (Å²) in [6.07, 6.45) is 1.77. The van der Waals surface area contributed by atoms with Crippen LogP contribution in [0.2, 0.25) is 10.0 Å². The molecule has 7 heteroatoms. The van der Waals surface area contributed by atoms with Crippen LogP contribution in [0.3, 0.4) is 0 Å². The Morgan fingerprint density at radius 3 is 2.85 bits per heavy atom. The van der Waals surface area contributed by atoms with Crippen molar-refractivity contribution < 1.29 is 9.59 Å². The number of anilines is 1. The molecule has 0 bridgehead atoms. The van der Waals surface area contributed by atoms with Gasteiger partial charge in [0.2, 0.25) is 5.91 Å². The van der Waals surface area contributed by atoms with Gasteiger partial charge in [-0.2, -0.15) is 0 Å². The highest BCUT2D eigenvalue weighted by molar-refractivity contribution is 6.36. The molecular formula is C13H15Cl2N3O2. The molecule has 1 aliphatic heterocycles. The molecule has 0 spiro atoms. The van der Waals surface area contributed by atoms with Gasteiger partial charge in [-0.15, -0.1) is 0 Å². The van der Waals surface area contributed by atoms with Gasteiger partial charge in [0.1, 0.15) is 0 Å². The van der Waals surface area contributed by atoms with Crippen molar-refractivity contribution in [3.8, 4) is 0 Å². The third kappa shape index (κ3) is 4.28. The highest BCUT2D eigenvalue weighted by Crippen LogP contribution is 2.25. The Morgan fingerprint density at radius 1 is 1.30 bits per heavy atom. The Bertz CT molecular complexity index is 522. The molecule has 1 aromatic carbocycles. The topological polar surface area (TPSA) is 70.2 Å². The van der Waals surface area contributed by atoms with Crippen LogP contribution < -0.4 is 16.0 Å². The van der Waals surface area contributed by atoms with Crippen molar-refractivity contribution >= 4 is 40.8 Å². The molecule has 0 aliphatic carbocycles. The van der Waals surface area contributed by atoms with Gasteiger partial charge in [-0.05, 0) is 31.0 Å². The van der Waals surface area contributed by atoms with E-state index in [2.05, 4.69) is 16.0 Å². The summed E-state index contributed by atoms with van der Waals surface area (Å²) in [5.41, 5.74) is 0.497. The Labute approximate surface area is 127 Å². The predicted octanol–water partition coefficient (Wildman–Crippen LogP) is 2.78. The lowest BCUT2D eigenvalue weighted by atomic mass is 10.1. The van der Waals surface area contributed by atoms with Gasteiger partial charge in [-0.1, -0.05) is 23.2 Å². The fourth-order valence-corrected chi connectivity index (χ4v) is 2.46. The number of benzene rings is 1. The molecular weight excluding hydrogens is 301 g/mol. The van der Waals surface area contributed by atoms with E-state index in [9.17, 15) is 9.59 Å². The van der Waals surface area contributed by atoms with Crippen molar-refractivity contribution in [1.29, 1.82) is 0 Å². The van der Waals surface area contributed by atoms with Crippen LogP contribution in [0.25, 0.3) is 0 Å². The molecule has 3 amide bonds. The van der Waals surface area contributed by atoms with Crippen LogP contribution in [0.15, 0.2) is 18.2 Å². The summed E-state index contributed by atoms with van der Waals surface area (Å²) < 4.78 is 0. The minimum atomic E-state index is -0.339. The summed E-state index contributed by atoms with van der Waals surface area (Å²) in [4.78, 5) is 23.1. The van der Waals surface area contributed by atoms with Crippen LogP contribution in [0.5, 0.6) is 0 Å². The maximum atomic E-state index is 11.9. The molecule has 1 aliphatic rings. The number of amides is 3. The average molecular weight is 316 g/mol. The van der Waals surface area contributed by atoms with Crippen LogP contribution in [0.4, 0.5) is 10.5 Å². The molecule has 3 N–H and O–H groups in total. The molecule has 1 atom stereocenters. The predicted molar refractivity (Wildman–Crippen MR) is 79.3 cm³/mol. The lowest BCUT2D eigenvalue weighted by molar-refractivity contribution is -0.120. The summed E-state index contributed by atoms with van der Waals surface area (Å²) >= 11 is 11.8. The largest absolute Gasteiger partial charge is 0.356 e. The van der Waals surface area contributed by atoms with Gasteiger partial charge in [-0.25, -0.2) is 4.79 Å². The zero-order valence-corrected chi connectivity index (χ0v) is 12.2. The van der Waals surface area contributed by atoms with Crippen LogP contribution in [0.1, 0.15) is 19.3 Å². The summed E-state index contributed by atoms with van der Waals surface area (Å²) in [6, 6.07) is 4.49. The monoisotopic (exact) mass is 315 g/mol. The van der Waals surface area contributed by atoms with E-state index in [-0.39, 0.29) is 18.0 Å². The minimum Gasteiger partial charge on any atom is -0.356 e. The summed E-state index contributed by atoms with van der Waals surface area (Å²) in [5, 5.41) is 9.16. The standard InChI is InChI=1S/C13H15Cl2N3O2/c14-8-1-3-11(10(15)7-8)18-13(20)17-9-2-4-12(19)16-6-5-9/h1,3,7,9H,2,4-6H2,(H,16,19)(H2,17,18,20). The SMILES string of the molecule is O=C1CCC(NC(=O)Nc2ccc(Cl)cc2Cl)CCN1. The van der Waals surface area contributed by atoms with Gasteiger partial charge in [0.05, 0.1) is 10.7 Å². The molecule has 1 unspecified atom stereocenters. The normalized spacial score (nSPS) is 18.9. The molecule has 0 saturated carbocycles. The molecule has 20 heavy (non-hydrogen) atoms. The van der Waals surface area contributed by atoms with E-state index < -0.39 is 0 Å². The number of urea groups is 1. The molecule has 1 saturated heterocycles. The zero-order valence-electron chi connectivity index (χ0n) is 10.7. The van der Waals surface area contributed by atoms with Crippen LogP contribution in [0, 0.1) is 0 Å². The fraction of sp³-hybridized carbons (Fsp3) is 0.385. The lowest BCUT2D eigenvalue weighted by Crippen LogP contribution is -2.38. The van der Waals surface area contributed by atoms with Crippen molar-refractivity contribution in [3.05, 3.63) is 28.2 Å². The second-order valence-electron chi connectivity index (χ2n) is 4.60. The third-order valence-electron chi connectivity index (χ3n) is 3.05. The van der Waals surface area contributed by atoms with Gasteiger partial charge < -0.3 is 16.0 Å². The summed E-state index contributed by atoms with van der Waals surface area (Å²) in [6.45, 7) is 0.575. The van der Waals surface area contributed by atoms with Crippen molar-refractivity contribution in [2.75, 3.05) is 11.9 Å². The Hall–Kier alpha value is -1.46. The van der Waals surface area contributed by atoms with E-state index in [0.29, 0.717) is 41.5 Å². The van der Waals surface area contributed by atoms with Gasteiger partial charge in [0, 0.05) is 24.0 Å². The maximum Gasteiger partial charge on any atom is 0.319 e.